The van der Waals surface area contributed by atoms with Gasteiger partial charge >= 0.3 is 0 Å². The van der Waals surface area contributed by atoms with Gasteiger partial charge in [0.05, 0.1) is 11.4 Å². The Hall–Kier alpha value is -2.38. The molecule has 3 heterocycles. The average Bonchev–Trinajstić information content (AvgIpc) is 3.09. The summed E-state index contributed by atoms with van der Waals surface area (Å²) in [5, 5.41) is 17.2. The summed E-state index contributed by atoms with van der Waals surface area (Å²) in [6.07, 6.45) is 3.10. The highest BCUT2D eigenvalue weighted by Gasteiger charge is 2.23. The lowest BCUT2D eigenvalue weighted by molar-refractivity contribution is 0.102. The lowest BCUT2D eigenvalue weighted by Gasteiger charge is -2.30. The predicted molar refractivity (Wildman–Crippen MR) is 103 cm³/mol. The Morgan fingerprint density at radius 1 is 1.23 bits per heavy atom. The molecule has 0 atom stereocenters. The van der Waals surface area contributed by atoms with Crippen molar-refractivity contribution in [1.82, 2.24) is 20.4 Å². The van der Waals surface area contributed by atoms with Crippen LogP contribution in [0.25, 0.3) is 0 Å². The lowest BCUT2D eigenvalue weighted by Crippen LogP contribution is -2.36. The molecule has 2 aliphatic rings. The summed E-state index contributed by atoms with van der Waals surface area (Å²) in [6, 6.07) is 8.33. The van der Waals surface area contributed by atoms with Gasteiger partial charge in [0.25, 0.3) is 5.91 Å². The number of carbonyl (C=O) groups excluding carboxylic acids is 1. The third-order valence-electron chi connectivity index (χ3n) is 5.27. The number of nitrogens with zero attached hydrogens (tertiary/aromatic N) is 2. The highest BCUT2D eigenvalue weighted by Crippen LogP contribution is 2.25. The van der Waals surface area contributed by atoms with Crippen LogP contribution in [0.15, 0.2) is 24.3 Å². The quantitative estimate of drug-likeness (QED) is 0.673. The molecule has 0 saturated carbocycles. The highest BCUT2D eigenvalue weighted by atomic mass is 16.2. The first-order valence-electron chi connectivity index (χ1n) is 9.33. The Morgan fingerprint density at radius 2 is 2.00 bits per heavy atom. The van der Waals surface area contributed by atoms with E-state index in [1.165, 1.54) is 0 Å². The van der Waals surface area contributed by atoms with Crippen LogP contribution in [0.2, 0.25) is 0 Å². The highest BCUT2D eigenvalue weighted by molar-refractivity contribution is 6.05. The largest absolute Gasteiger partial charge is 0.381 e. The van der Waals surface area contributed by atoms with Crippen molar-refractivity contribution in [2.45, 2.75) is 31.8 Å². The molecule has 4 rings (SSSR count). The Morgan fingerprint density at radius 3 is 2.81 bits per heavy atom. The van der Waals surface area contributed by atoms with Crippen LogP contribution in [0.1, 0.15) is 34.6 Å². The van der Waals surface area contributed by atoms with E-state index >= 15 is 0 Å². The van der Waals surface area contributed by atoms with Crippen LogP contribution in [0, 0.1) is 0 Å². The van der Waals surface area contributed by atoms with Gasteiger partial charge in [-0.1, -0.05) is 12.1 Å². The van der Waals surface area contributed by atoms with Gasteiger partial charge in [0.1, 0.15) is 0 Å². The number of hydrogen-bond donors (Lipinski definition) is 4. The maximum atomic E-state index is 12.8. The van der Waals surface area contributed by atoms with E-state index in [1.807, 2.05) is 24.3 Å². The van der Waals surface area contributed by atoms with E-state index in [9.17, 15) is 4.79 Å². The van der Waals surface area contributed by atoms with Gasteiger partial charge in [-0.25, -0.2) is 0 Å². The second-order valence-electron chi connectivity index (χ2n) is 7.18. The summed E-state index contributed by atoms with van der Waals surface area (Å²) in [6.45, 7) is 3.79. The number of nitrogens with one attached hydrogen (secondary N) is 4. The Labute approximate surface area is 153 Å². The van der Waals surface area contributed by atoms with Gasteiger partial charge in [0.15, 0.2) is 5.69 Å². The third-order valence-corrected chi connectivity index (χ3v) is 5.27. The molecule has 1 fully saturated rings. The first-order chi connectivity index (χ1) is 12.7. The van der Waals surface area contributed by atoms with E-state index in [0.29, 0.717) is 18.3 Å². The van der Waals surface area contributed by atoms with Gasteiger partial charge in [-0.2, -0.15) is 5.10 Å². The number of H-pyrrole nitrogens is 1. The van der Waals surface area contributed by atoms with Crippen molar-refractivity contribution in [3.8, 4) is 0 Å². The zero-order chi connectivity index (χ0) is 17.9. The van der Waals surface area contributed by atoms with Crippen molar-refractivity contribution in [1.29, 1.82) is 0 Å². The smallest absolute Gasteiger partial charge is 0.276 e. The van der Waals surface area contributed by atoms with Crippen LogP contribution in [0.3, 0.4) is 0 Å². The Bertz CT molecular complexity index is 778. The number of carbonyl (C=O) groups is 1. The molecule has 0 unspecified atom stereocenters. The van der Waals surface area contributed by atoms with Crippen molar-refractivity contribution in [2.75, 3.05) is 37.3 Å². The summed E-state index contributed by atoms with van der Waals surface area (Å²) in [5.74, 6) is -0.163. The minimum absolute atomic E-state index is 0.163. The van der Waals surface area contributed by atoms with Crippen molar-refractivity contribution in [3.05, 3.63) is 41.2 Å². The summed E-state index contributed by atoms with van der Waals surface area (Å²) in [5.41, 5.74) is 4.30. The fraction of sp³-hybridized carbons (Fsp3) is 0.474. The van der Waals surface area contributed by atoms with E-state index in [1.54, 1.807) is 0 Å². The monoisotopic (exact) mass is 354 g/mol. The molecular formula is C19H26N6O. The Balaban J connectivity index is 1.48. The van der Waals surface area contributed by atoms with Crippen LogP contribution >= 0.6 is 0 Å². The first kappa shape index (κ1) is 17.1. The predicted octanol–water partition coefficient (Wildman–Crippen LogP) is 1.81. The lowest BCUT2D eigenvalue weighted by atomic mass is 10.0. The van der Waals surface area contributed by atoms with E-state index in [2.05, 4.69) is 38.1 Å². The molecule has 1 amide bonds. The number of hydrogen-bond acceptors (Lipinski definition) is 5. The number of rotatable bonds is 4. The van der Waals surface area contributed by atoms with Gasteiger partial charge in [0, 0.05) is 36.8 Å². The molecule has 1 aromatic heterocycles. The number of aromatic nitrogens is 2. The number of piperidine rings is 1. The second kappa shape index (κ2) is 7.47. The van der Waals surface area contributed by atoms with Crippen molar-refractivity contribution >= 4 is 17.3 Å². The molecule has 2 aromatic rings. The molecule has 4 N–H and O–H groups in total. The molecular weight excluding hydrogens is 328 g/mol. The average molecular weight is 354 g/mol. The van der Waals surface area contributed by atoms with E-state index in [4.69, 9.17) is 0 Å². The first-order valence-corrected chi connectivity index (χ1v) is 9.33. The maximum absolute atomic E-state index is 12.8. The van der Waals surface area contributed by atoms with Gasteiger partial charge in [-0.05, 0) is 45.1 Å². The van der Waals surface area contributed by atoms with Gasteiger partial charge in [0.2, 0.25) is 0 Å². The third kappa shape index (κ3) is 3.59. The van der Waals surface area contributed by atoms with Crippen LogP contribution in [0.4, 0.5) is 11.4 Å². The summed E-state index contributed by atoms with van der Waals surface area (Å²) < 4.78 is 0. The molecule has 1 aromatic carbocycles. The molecule has 7 nitrogen and oxygen atoms in total. The molecule has 26 heavy (non-hydrogen) atoms. The summed E-state index contributed by atoms with van der Waals surface area (Å²) in [7, 11) is 2.16. The maximum Gasteiger partial charge on any atom is 0.276 e. The summed E-state index contributed by atoms with van der Waals surface area (Å²) >= 11 is 0. The number of aromatic amines is 1. The van der Waals surface area contributed by atoms with Crippen LogP contribution in [-0.2, 0) is 13.0 Å². The van der Waals surface area contributed by atoms with Gasteiger partial charge in [-0.3, -0.25) is 9.89 Å². The van der Waals surface area contributed by atoms with E-state index in [0.717, 1.165) is 61.5 Å². The number of fused-ring (bicyclic) bond motifs is 1. The minimum atomic E-state index is -0.163. The normalized spacial score (nSPS) is 18.3. The SMILES string of the molecule is CN1CCC(Nc2ccccc2NC(=O)c2n[nH]c3c2CNCC3)CC1. The van der Waals surface area contributed by atoms with Crippen molar-refractivity contribution in [2.24, 2.45) is 0 Å². The van der Waals surface area contributed by atoms with Gasteiger partial charge < -0.3 is 20.9 Å². The molecule has 0 aliphatic carbocycles. The zero-order valence-corrected chi connectivity index (χ0v) is 15.1. The zero-order valence-electron chi connectivity index (χ0n) is 15.1. The molecule has 0 radical (unpaired) electrons. The fourth-order valence-electron chi connectivity index (χ4n) is 3.69. The number of amides is 1. The van der Waals surface area contributed by atoms with E-state index < -0.39 is 0 Å². The minimum Gasteiger partial charge on any atom is -0.381 e. The summed E-state index contributed by atoms with van der Waals surface area (Å²) in [4.78, 5) is 15.1. The van der Waals surface area contributed by atoms with Gasteiger partial charge in [-0.15, -0.1) is 0 Å². The van der Waals surface area contributed by atoms with Crippen LogP contribution in [-0.4, -0.2) is 53.7 Å². The van der Waals surface area contributed by atoms with Crippen LogP contribution in [0.5, 0.6) is 0 Å². The van der Waals surface area contributed by atoms with Crippen molar-refractivity contribution < 1.29 is 4.79 Å². The molecule has 1 saturated heterocycles. The second-order valence-corrected chi connectivity index (χ2v) is 7.18. The number of anilines is 2. The molecule has 7 heteroatoms. The Kier molecular flexibility index (Phi) is 4.90. The molecule has 0 bridgehead atoms. The number of benzene rings is 1. The number of likely N-dealkylation sites (tertiary alicyclic amines) is 1. The molecule has 2 aliphatic heterocycles. The number of para-hydroxylation sites is 2. The molecule has 138 valence electrons. The van der Waals surface area contributed by atoms with Crippen molar-refractivity contribution in [3.63, 3.8) is 0 Å². The molecule has 0 spiro atoms. The standard InChI is InChI=1S/C19H26N6O/c1-25-10-7-13(8-11-25)21-16-4-2-3-5-17(16)22-19(26)18-14-12-20-9-6-15(14)23-24-18/h2-5,13,20-21H,6-12H2,1H3,(H,22,26)(H,23,24). The van der Waals surface area contributed by atoms with E-state index in [-0.39, 0.29) is 5.91 Å². The topological polar surface area (TPSA) is 85.1 Å². The fourth-order valence-corrected chi connectivity index (χ4v) is 3.69. The van der Waals surface area contributed by atoms with Crippen LogP contribution < -0.4 is 16.0 Å².